The molecule has 4 unspecified atom stereocenters. The van der Waals surface area contributed by atoms with Crippen molar-refractivity contribution in [2.45, 2.75) is 100 Å². The topological polar surface area (TPSA) is 96.4 Å². The normalized spacial score (nSPS) is 31.6. The fourth-order valence-corrected chi connectivity index (χ4v) is 7.38. The second-order valence-corrected chi connectivity index (χ2v) is 11.7. The van der Waals surface area contributed by atoms with Gasteiger partial charge in [0.2, 0.25) is 11.8 Å². The summed E-state index contributed by atoms with van der Waals surface area (Å²) >= 11 is 3.68. The summed E-state index contributed by atoms with van der Waals surface area (Å²) in [4.78, 5) is 44.8. The molecule has 0 aromatic heterocycles. The zero-order valence-corrected chi connectivity index (χ0v) is 24.0. The number of unbranched alkanes of at least 4 members (excludes halogenated alkanes) is 2. The van der Waals surface area contributed by atoms with Crippen LogP contribution in [0.25, 0.3) is 0 Å². The minimum absolute atomic E-state index is 0.0631. The molecule has 3 aliphatic rings. The monoisotopic (exact) mass is 582 g/mol. The van der Waals surface area contributed by atoms with Gasteiger partial charge in [-0.05, 0) is 45.4 Å². The average Bonchev–Trinajstić information content (AvgIpc) is 3.46. The second kappa shape index (κ2) is 12.9. The first kappa shape index (κ1) is 29.8. The highest BCUT2D eigenvalue weighted by Crippen LogP contribution is 2.60. The number of fused-ring (bicyclic) bond motifs is 1. The van der Waals surface area contributed by atoms with Crippen LogP contribution in [0.5, 0.6) is 0 Å². The van der Waals surface area contributed by atoms with Crippen LogP contribution in [0.4, 0.5) is 0 Å². The van der Waals surface area contributed by atoms with E-state index in [1.807, 2.05) is 19.9 Å². The van der Waals surface area contributed by atoms with E-state index in [-0.39, 0.29) is 35.9 Å². The summed E-state index contributed by atoms with van der Waals surface area (Å²) in [6.07, 6.45) is 7.99. The first-order valence-corrected chi connectivity index (χ1v) is 14.6. The predicted molar refractivity (Wildman–Crippen MR) is 145 cm³/mol. The molecule has 208 valence electrons. The molecule has 3 aliphatic heterocycles. The number of amides is 2. The van der Waals surface area contributed by atoms with Crippen LogP contribution in [0.3, 0.4) is 0 Å². The Balaban J connectivity index is 1.99. The lowest BCUT2D eigenvalue weighted by Crippen LogP contribution is -2.60. The number of halogens is 1. The molecule has 2 amide bonds. The maximum absolute atomic E-state index is 14.3. The lowest BCUT2D eigenvalue weighted by molar-refractivity contribution is -0.157. The molecule has 0 saturated carbocycles. The fourth-order valence-electron chi connectivity index (χ4n) is 6.44. The lowest BCUT2D eigenvalue weighted by Gasteiger charge is -2.40. The van der Waals surface area contributed by atoms with E-state index in [1.54, 1.807) is 11.0 Å². The number of allylic oxidation sites excluding steroid dienone is 1. The van der Waals surface area contributed by atoms with Crippen molar-refractivity contribution in [1.82, 2.24) is 9.80 Å². The number of aliphatic hydroxyl groups is 1. The first-order chi connectivity index (χ1) is 17.7. The molecule has 2 bridgehead atoms. The SMILES string of the molecule is C=CCCCCOC(=O)[C@H]1[C@H]2C(=O)N([C@@H](CC)CO)C(C(=O)N(CC=C)C(C)CCC)C23CC(Br)[C@@H]1O3. The predicted octanol–water partition coefficient (Wildman–Crippen LogP) is 3.61. The molecule has 9 heteroatoms. The van der Waals surface area contributed by atoms with Gasteiger partial charge in [-0.25, -0.2) is 0 Å². The Labute approximate surface area is 229 Å². The van der Waals surface area contributed by atoms with E-state index < -0.39 is 41.6 Å². The van der Waals surface area contributed by atoms with Gasteiger partial charge in [0.25, 0.3) is 0 Å². The molecular formula is C28H43BrN2O6. The summed E-state index contributed by atoms with van der Waals surface area (Å²) in [6, 6.07) is -1.55. The molecule has 3 rings (SSSR count). The Morgan fingerprint density at radius 2 is 2.05 bits per heavy atom. The van der Waals surface area contributed by atoms with Crippen molar-refractivity contribution in [3.63, 3.8) is 0 Å². The van der Waals surface area contributed by atoms with Crippen molar-refractivity contribution in [3.05, 3.63) is 25.3 Å². The number of likely N-dealkylation sites (tertiary alicyclic amines) is 1. The van der Waals surface area contributed by atoms with E-state index in [4.69, 9.17) is 9.47 Å². The van der Waals surface area contributed by atoms with Crippen molar-refractivity contribution < 1.29 is 29.0 Å². The Morgan fingerprint density at radius 1 is 1.32 bits per heavy atom. The number of carbonyl (C=O) groups excluding carboxylic acids is 3. The molecule has 0 aliphatic carbocycles. The molecule has 37 heavy (non-hydrogen) atoms. The van der Waals surface area contributed by atoms with Gasteiger partial charge in [0.15, 0.2) is 0 Å². The molecule has 0 radical (unpaired) electrons. The standard InChI is InChI=1S/C28H43BrN2O6/c1-6-10-11-12-15-36-27(35)21-22-25(33)31(19(9-4)17-32)24(28(22)16-20(29)23(21)37-28)26(34)30(14-8-3)18(5)13-7-2/h6,8,18-24,32H,1,3,7,9-17H2,2,4-5H3/t18?,19-,20?,21-,22-,23-,24?,28?/m0/s1. The second-order valence-electron chi connectivity index (χ2n) is 10.5. The molecule has 0 aromatic carbocycles. The molecule has 1 spiro atoms. The Morgan fingerprint density at radius 3 is 2.65 bits per heavy atom. The van der Waals surface area contributed by atoms with E-state index in [2.05, 4.69) is 36.0 Å². The number of rotatable bonds is 15. The van der Waals surface area contributed by atoms with Gasteiger partial charge in [0.05, 0.1) is 37.2 Å². The number of nitrogens with zero attached hydrogens (tertiary/aromatic N) is 2. The number of aliphatic hydroxyl groups excluding tert-OH is 1. The van der Waals surface area contributed by atoms with Crippen LogP contribution in [0, 0.1) is 11.8 Å². The van der Waals surface area contributed by atoms with Gasteiger partial charge in [-0.1, -0.05) is 48.4 Å². The van der Waals surface area contributed by atoms with E-state index in [0.717, 1.165) is 25.7 Å². The molecule has 0 aromatic rings. The number of esters is 1. The molecule has 1 N–H and O–H groups in total. The van der Waals surface area contributed by atoms with Crippen LogP contribution < -0.4 is 0 Å². The van der Waals surface area contributed by atoms with Crippen LogP contribution in [0.2, 0.25) is 0 Å². The highest BCUT2D eigenvalue weighted by molar-refractivity contribution is 9.09. The molecule has 3 heterocycles. The minimum atomic E-state index is -1.16. The van der Waals surface area contributed by atoms with E-state index in [0.29, 0.717) is 25.8 Å². The van der Waals surface area contributed by atoms with Gasteiger partial charge < -0.3 is 24.4 Å². The van der Waals surface area contributed by atoms with Crippen LogP contribution in [-0.2, 0) is 23.9 Å². The van der Waals surface area contributed by atoms with Crippen molar-refractivity contribution >= 4 is 33.7 Å². The summed E-state index contributed by atoms with van der Waals surface area (Å²) in [5.74, 6) is -2.62. The summed E-state index contributed by atoms with van der Waals surface area (Å²) in [6.45, 7) is 13.8. The summed E-state index contributed by atoms with van der Waals surface area (Å²) in [5.41, 5.74) is -1.16. The quantitative estimate of drug-likeness (QED) is 0.137. The highest BCUT2D eigenvalue weighted by Gasteiger charge is 2.77. The third-order valence-electron chi connectivity index (χ3n) is 8.20. The molecule has 3 fully saturated rings. The summed E-state index contributed by atoms with van der Waals surface area (Å²) < 4.78 is 12.2. The van der Waals surface area contributed by atoms with Crippen LogP contribution in [0.1, 0.15) is 65.7 Å². The highest BCUT2D eigenvalue weighted by atomic mass is 79.9. The zero-order chi connectivity index (χ0) is 27.3. The Kier molecular flexibility index (Phi) is 10.4. The van der Waals surface area contributed by atoms with Crippen LogP contribution in [-0.4, -0.2) is 87.1 Å². The van der Waals surface area contributed by atoms with Crippen molar-refractivity contribution in [2.24, 2.45) is 11.8 Å². The summed E-state index contributed by atoms with van der Waals surface area (Å²) in [7, 11) is 0. The zero-order valence-electron chi connectivity index (χ0n) is 22.4. The third kappa shape index (κ3) is 5.41. The maximum Gasteiger partial charge on any atom is 0.312 e. The first-order valence-electron chi connectivity index (χ1n) is 13.7. The minimum Gasteiger partial charge on any atom is -0.465 e. The number of hydrogen-bond acceptors (Lipinski definition) is 6. The molecule has 8 nitrogen and oxygen atoms in total. The number of hydrogen-bond donors (Lipinski definition) is 1. The fraction of sp³-hybridized carbons (Fsp3) is 0.750. The third-order valence-corrected chi connectivity index (χ3v) is 9.05. The van der Waals surface area contributed by atoms with Gasteiger partial charge in [0, 0.05) is 17.4 Å². The van der Waals surface area contributed by atoms with Gasteiger partial charge >= 0.3 is 5.97 Å². The van der Waals surface area contributed by atoms with Gasteiger partial charge in [-0.2, -0.15) is 0 Å². The molecule has 3 saturated heterocycles. The van der Waals surface area contributed by atoms with Crippen molar-refractivity contribution in [3.8, 4) is 0 Å². The smallest absolute Gasteiger partial charge is 0.312 e. The average molecular weight is 584 g/mol. The maximum atomic E-state index is 14.3. The van der Waals surface area contributed by atoms with Crippen LogP contribution in [0.15, 0.2) is 25.3 Å². The molecule has 8 atom stereocenters. The van der Waals surface area contributed by atoms with Gasteiger partial charge in [-0.3, -0.25) is 14.4 Å². The van der Waals surface area contributed by atoms with Crippen molar-refractivity contribution in [2.75, 3.05) is 19.8 Å². The van der Waals surface area contributed by atoms with Crippen molar-refractivity contribution in [1.29, 1.82) is 0 Å². The van der Waals surface area contributed by atoms with E-state index in [1.165, 1.54) is 4.90 Å². The lowest BCUT2D eigenvalue weighted by atomic mass is 9.70. The van der Waals surface area contributed by atoms with E-state index >= 15 is 0 Å². The number of ether oxygens (including phenoxy) is 2. The Hall–Kier alpha value is -1.71. The largest absolute Gasteiger partial charge is 0.465 e. The van der Waals surface area contributed by atoms with E-state index in [9.17, 15) is 19.5 Å². The van der Waals surface area contributed by atoms with Crippen LogP contribution >= 0.6 is 15.9 Å². The molecular weight excluding hydrogens is 540 g/mol. The number of alkyl halides is 1. The number of carbonyl (C=O) groups is 3. The van der Waals surface area contributed by atoms with Gasteiger partial charge in [0.1, 0.15) is 11.6 Å². The van der Waals surface area contributed by atoms with Gasteiger partial charge in [-0.15, -0.1) is 13.2 Å². The Bertz CT molecular complexity index is 864. The summed E-state index contributed by atoms with van der Waals surface area (Å²) in [5, 5.41) is 10.2.